The van der Waals surface area contributed by atoms with E-state index in [0.29, 0.717) is 40.8 Å². The van der Waals surface area contributed by atoms with E-state index >= 15 is 0 Å². The van der Waals surface area contributed by atoms with E-state index in [1.54, 1.807) is 16.4 Å². The van der Waals surface area contributed by atoms with Crippen LogP contribution in [0.1, 0.15) is 36.0 Å². The summed E-state index contributed by atoms with van der Waals surface area (Å²) in [5.41, 5.74) is 3.73. The molecule has 0 radical (unpaired) electrons. The maximum Gasteiger partial charge on any atom is 0.211 e. The van der Waals surface area contributed by atoms with Crippen molar-refractivity contribution >= 4 is 43.8 Å². The molecule has 5 heterocycles. The Morgan fingerprint density at radius 3 is 2.44 bits per heavy atom. The summed E-state index contributed by atoms with van der Waals surface area (Å²) in [6.45, 7) is 6.81. The first-order valence-corrected chi connectivity index (χ1v) is 16.2. The van der Waals surface area contributed by atoms with Crippen LogP contribution in [0.3, 0.4) is 0 Å². The Morgan fingerprint density at radius 1 is 1.15 bits per heavy atom. The van der Waals surface area contributed by atoms with Gasteiger partial charge in [0.15, 0.2) is 10.8 Å². The fraction of sp³-hybridized carbons (Fsp3) is 0.429. The van der Waals surface area contributed by atoms with E-state index in [1.807, 2.05) is 25.1 Å². The molecule has 13 heteroatoms. The topological polar surface area (TPSA) is 111 Å². The molecule has 0 saturated carbocycles. The lowest BCUT2D eigenvalue weighted by Gasteiger charge is -2.52. The zero-order valence-corrected chi connectivity index (χ0v) is 25.1. The summed E-state index contributed by atoms with van der Waals surface area (Å²) in [5, 5.41) is 10.5. The predicted octanol–water partition coefficient (Wildman–Crippen LogP) is 4.36. The highest BCUT2D eigenvalue weighted by Gasteiger charge is 2.48. The van der Waals surface area contributed by atoms with Crippen LogP contribution in [-0.4, -0.2) is 71.6 Å². The highest BCUT2D eigenvalue weighted by molar-refractivity contribution is 7.88. The highest BCUT2D eigenvalue weighted by atomic mass is 32.2. The highest BCUT2D eigenvalue weighted by Crippen LogP contribution is 2.43. The zero-order chi connectivity index (χ0) is 29.1. The van der Waals surface area contributed by atoms with E-state index in [4.69, 9.17) is 15.0 Å². The van der Waals surface area contributed by atoms with Gasteiger partial charge in [-0.25, -0.2) is 32.1 Å². The van der Waals surface area contributed by atoms with E-state index in [0.717, 1.165) is 54.6 Å². The minimum absolute atomic E-state index is 0.0556. The number of thiazole rings is 1. The second-order valence-corrected chi connectivity index (χ2v) is 13.9. The van der Waals surface area contributed by atoms with E-state index in [2.05, 4.69) is 22.3 Å². The van der Waals surface area contributed by atoms with Gasteiger partial charge in [0.05, 0.1) is 23.8 Å². The molecular weight excluding hydrogens is 563 g/mol. The van der Waals surface area contributed by atoms with Gasteiger partial charge in [-0.2, -0.15) is 5.26 Å². The first-order chi connectivity index (χ1) is 19.5. The number of nitrogens with zero attached hydrogens (tertiary/aromatic N) is 8. The molecule has 214 valence electrons. The Bertz CT molecular complexity index is 1780. The van der Waals surface area contributed by atoms with Gasteiger partial charge in [-0.05, 0) is 50.5 Å². The SMILES string of the molecule is CCc1nc2c(C)nc(N3CCC4(CC3)CN(S(C)(=O)=O)C4)cn2c1N(C)c1nc(-c2ccc(F)cc2)c(C#N)s1. The molecular formula is C28H31FN8O2S2. The number of fused-ring (bicyclic) bond motifs is 1. The van der Waals surface area contributed by atoms with Crippen LogP contribution in [0.25, 0.3) is 16.9 Å². The average molecular weight is 595 g/mol. The zero-order valence-electron chi connectivity index (χ0n) is 23.4. The summed E-state index contributed by atoms with van der Waals surface area (Å²) < 4.78 is 40.9. The Kier molecular flexibility index (Phi) is 6.75. The molecule has 3 aromatic heterocycles. The van der Waals surface area contributed by atoms with Crippen LogP contribution in [0.15, 0.2) is 30.5 Å². The largest absolute Gasteiger partial charge is 0.355 e. The summed E-state index contributed by atoms with van der Waals surface area (Å²) in [7, 11) is -1.22. The van der Waals surface area contributed by atoms with Crippen LogP contribution >= 0.6 is 11.3 Å². The first kappa shape index (κ1) is 27.6. The monoisotopic (exact) mass is 594 g/mol. The van der Waals surface area contributed by atoms with Crippen LogP contribution in [0.2, 0.25) is 0 Å². The van der Waals surface area contributed by atoms with Crippen molar-refractivity contribution in [2.75, 3.05) is 49.3 Å². The fourth-order valence-corrected chi connectivity index (χ4v) is 7.71. The third kappa shape index (κ3) is 4.83. The van der Waals surface area contributed by atoms with Crippen LogP contribution in [0.5, 0.6) is 0 Å². The summed E-state index contributed by atoms with van der Waals surface area (Å²) in [6, 6.07) is 8.24. The number of halogens is 1. The second-order valence-electron chi connectivity index (χ2n) is 11.0. The molecule has 0 N–H and O–H groups in total. The van der Waals surface area contributed by atoms with Gasteiger partial charge in [-0.15, -0.1) is 0 Å². The minimum Gasteiger partial charge on any atom is -0.355 e. The van der Waals surface area contributed by atoms with E-state index in [-0.39, 0.29) is 11.2 Å². The van der Waals surface area contributed by atoms with Crippen LogP contribution in [0, 0.1) is 29.5 Å². The van der Waals surface area contributed by atoms with Gasteiger partial charge >= 0.3 is 0 Å². The summed E-state index contributed by atoms with van der Waals surface area (Å²) >= 11 is 1.29. The molecule has 2 aliphatic heterocycles. The standard InChI is InChI=1S/C28H31FN8O2S2/c1-5-21-26(34(3)27-33-24(22(14-30)40-27)19-6-8-20(29)9-7-19)37-15-23(31-18(2)25(37)32-21)35-12-10-28(11-13-35)16-36(17-28)41(4,38)39/h6-9,15H,5,10-13,16-17H2,1-4H3. The number of hydrogen-bond donors (Lipinski definition) is 0. The number of sulfonamides is 1. The lowest BCUT2D eigenvalue weighted by atomic mass is 9.73. The number of rotatable bonds is 6. The van der Waals surface area contributed by atoms with Crippen molar-refractivity contribution in [3.8, 4) is 17.3 Å². The van der Waals surface area contributed by atoms with Crippen LogP contribution in [-0.2, 0) is 16.4 Å². The molecule has 2 fully saturated rings. The molecule has 41 heavy (non-hydrogen) atoms. The summed E-state index contributed by atoms with van der Waals surface area (Å²) in [5.74, 6) is 1.36. The Balaban J connectivity index is 1.32. The van der Waals surface area contributed by atoms with Crippen molar-refractivity contribution in [3.05, 3.63) is 52.5 Å². The lowest BCUT2D eigenvalue weighted by molar-refractivity contribution is 0.0441. The molecule has 10 nitrogen and oxygen atoms in total. The van der Waals surface area contributed by atoms with Crippen molar-refractivity contribution in [1.82, 2.24) is 23.7 Å². The maximum atomic E-state index is 13.5. The van der Waals surface area contributed by atoms with Gasteiger partial charge < -0.3 is 9.80 Å². The number of anilines is 3. The van der Waals surface area contributed by atoms with Gasteiger partial charge in [-0.3, -0.25) is 4.40 Å². The minimum atomic E-state index is -3.14. The average Bonchev–Trinajstić information content (AvgIpc) is 3.53. The fourth-order valence-electron chi connectivity index (χ4n) is 5.84. The van der Waals surface area contributed by atoms with E-state index < -0.39 is 10.0 Å². The van der Waals surface area contributed by atoms with E-state index in [1.165, 1.54) is 29.7 Å². The van der Waals surface area contributed by atoms with Crippen molar-refractivity contribution in [1.29, 1.82) is 5.26 Å². The van der Waals surface area contributed by atoms with Gasteiger partial charge in [0.1, 0.15) is 34.1 Å². The molecule has 2 aliphatic rings. The number of nitriles is 1. The van der Waals surface area contributed by atoms with Crippen LogP contribution in [0.4, 0.5) is 21.2 Å². The lowest BCUT2D eigenvalue weighted by Crippen LogP contribution is -2.61. The first-order valence-electron chi connectivity index (χ1n) is 13.5. The normalized spacial score (nSPS) is 17.1. The van der Waals surface area contributed by atoms with Crippen LogP contribution < -0.4 is 9.80 Å². The maximum absolute atomic E-state index is 13.5. The molecule has 1 aromatic carbocycles. The predicted molar refractivity (Wildman–Crippen MR) is 158 cm³/mol. The molecule has 0 amide bonds. The number of hydrogen-bond acceptors (Lipinski definition) is 9. The summed E-state index contributed by atoms with van der Waals surface area (Å²) in [4.78, 5) is 19.3. The van der Waals surface area contributed by atoms with E-state index in [9.17, 15) is 18.1 Å². The Labute approximate surface area is 242 Å². The van der Waals surface area contributed by atoms with Gasteiger partial charge in [0, 0.05) is 44.2 Å². The quantitative estimate of drug-likeness (QED) is 0.324. The van der Waals surface area contributed by atoms with Crippen molar-refractivity contribution in [2.24, 2.45) is 5.41 Å². The summed E-state index contributed by atoms with van der Waals surface area (Å²) in [6.07, 6.45) is 5.81. The van der Waals surface area contributed by atoms with Crippen molar-refractivity contribution < 1.29 is 12.8 Å². The number of piperidine rings is 1. The third-order valence-corrected chi connectivity index (χ3v) is 10.5. The van der Waals surface area contributed by atoms with Gasteiger partial charge in [-0.1, -0.05) is 18.3 Å². The number of aromatic nitrogens is 4. The molecule has 0 unspecified atom stereocenters. The third-order valence-electron chi connectivity index (χ3n) is 8.22. The number of benzene rings is 1. The molecule has 0 atom stereocenters. The molecule has 0 bridgehead atoms. The Morgan fingerprint density at radius 2 is 1.83 bits per heavy atom. The van der Waals surface area contributed by atoms with Crippen molar-refractivity contribution in [2.45, 2.75) is 33.1 Å². The molecule has 6 rings (SSSR count). The smallest absolute Gasteiger partial charge is 0.211 e. The number of aryl methyl sites for hydroxylation is 2. The molecule has 2 saturated heterocycles. The molecule has 4 aromatic rings. The Hall–Kier alpha value is -3.60. The number of imidazole rings is 1. The van der Waals surface area contributed by atoms with Crippen molar-refractivity contribution in [3.63, 3.8) is 0 Å². The molecule has 1 spiro atoms. The van der Waals surface area contributed by atoms with Gasteiger partial charge in [0.25, 0.3) is 0 Å². The second kappa shape index (κ2) is 10.0. The van der Waals surface area contributed by atoms with Gasteiger partial charge in [0.2, 0.25) is 10.0 Å². The molecule has 0 aliphatic carbocycles.